The molecule has 14 heavy (non-hydrogen) atoms. The van der Waals surface area contributed by atoms with E-state index in [2.05, 4.69) is 24.9 Å². The molecule has 3 heteroatoms. The summed E-state index contributed by atoms with van der Waals surface area (Å²) in [6.45, 7) is 6.42. The van der Waals surface area contributed by atoms with Crippen LogP contribution in [0.1, 0.15) is 23.4 Å². The van der Waals surface area contributed by atoms with Crippen LogP contribution < -0.4 is 0 Å². The van der Waals surface area contributed by atoms with Gasteiger partial charge >= 0.3 is 0 Å². The molecular formula is C11H13NOS. The maximum Gasteiger partial charge on any atom is 0.246 e. The van der Waals surface area contributed by atoms with Crippen molar-refractivity contribution in [1.82, 2.24) is 4.90 Å². The first kappa shape index (κ1) is 9.46. The van der Waals surface area contributed by atoms with Crippen molar-refractivity contribution in [3.63, 3.8) is 0 Å². The molecule has 0 radical (unpaired) electrons. The molecule has 0 spiro atoms. The molecule has 2 heterocycles. The number of amides is 1. The fourth-order valence-corrected chi connectivity index (χ4v) is 2.94. The van der Waals surface area contributed by atoms with Crippen LogP contribution in [0.5, 0.6) is 0 Å². The van der Waals surface area contributed by atoms with E-state index >= 15 is 0 Å². The maximum atomic E-state index is 11.5. The Hall–Kier alpha value is -1.09. The van der Waals surface area contributed by atoms with Gasteiger partial charge in [0.1, 0.15) is 0 Å². The van der Waals surface area contributed by atoms with E-state index < -0.39 is 0 Å². The van der Waals surface area contributed by atoms with Crippen LogP contribution in [0, 0.1) is 0 Å². The molecule has 1 aliphatic heterocycles. The van der Waals surface area contributed by atoms with Gasteiger partial charge in [-0.05, 0) is 36.4 Å². The third-order valence-electron chi connectivity index (χ3n) is 2.71. The SMILES string of the molecule is C=CC(=O)N1CCc2ccsc2C1C. The summed E-state index contributed by atoms with van der Waals surface area (Å²) in [6.07, 6.45) is 2.37. The molecule has 2 rings (SSSR count). The van der Waals surface area contributed by atoms with E-state index in [1.807, 2.05) is 4.90 Å². The number of fused-ring (bicyclic) bond motifs is 1. The Morgan fingerprint density at radius 2 is 2.57 bits per heavy atom. The number of nitrogens with zero attached hydrogens (tertiary/aromatic N) is 1. The molecule has 0 bridgehead atoms. The van der Waals surface area contributed by atoms with Crippen LogP contribution in [0.25, 0.3) is 0 Å². The van der Waals surface area contributed by atoms with Gasteiger partial charge in [0, 0.05) is 11.4 Å². The minimum atomic E-state index is 0.0385. The summed E-state index contributed by atoms with van der Waals surface area (Å²) in [5.74, 6) is 0.0385. The van der Waals surface area contributed by atoms with E-state index in [0.717, 1.165) is 13.0 Å². The Bertz CT molecular complexity index is 369. The lowest BCUT2D eigenvalue weighted by Crippen LogP contribution is -2.36. The minimum Gasteiger partial charge on any atom is -0.331 e. The standard InChI is InChI=1S/C11H13NOS/c1-3-10(13)12-6-4-9-5-7-14-11(9)8(12)2/h3,5,7-8H,1,4,6H2,2H3. The van der Waals surface area contributed by atoms with Crippen LogP contribution in [0.15, 0.2) is 24.1 Å². The second-order valence-corrected chi connectivity index (χ2v) is 4.42. The minimum absolute atomic E-state index is 0.0385. The Balaban J connectivity index is 2.29. The third kappa shape index (κ3) is 1.38. The first-order valence-electron chi connectivity index (χ1n) is 4.73. The van der Waals surface area contributed by atoms with Crippen molar-refractivity contribution >= 4 is 17.2 Å². The molecule has 0 fully saturated rings. The van der Waals surface area contributed by atoms with Crippen molar-refractivity contribution in [2.45, 2.75) is 19.4 Å². The number of hydrogen-bond acceptors (Lipinski definition) is 2. The topological polar surface area (TPSA) is 20.3 Å². The highest BCUT2D eigenvalue weighted by atomic mass is 32.1. The zero-order valence-electron chi connectivity index (χ0n) is 8.19. The summed E-state index contributed by atoms with van der Waals surface area (Å²) in [6, 6.07) is 2.37. The highest BCUT2D eigenvalue weighted by Crippen LogP contribution is 2.33. The van der Waals surface area contributed by atoms with Gasteiger partial charge in [0.2, 0.25) is 5.91 Å². The summed E-state index contributed by atoms with van der Waals surface area (Å²) in [5.41, 5.74) is 1.40. The first-order valence-corrected chi connectivity index (χ1v) is 5.61. The lowest BCUT2D eigenvalue weighted by atomic mass is 10.0. The van der Waals surface area contributed by atoms with Crippen molar-refractivity contribution in [3.8, 4) is 0 Å². The summed E-state index contributed by atoms with van der Waals surface area (Å²) in [7, 11) is 0. The monoisotopic (exact) mass is 207 g/mol. The van der Waals surface area contributed by atoms with Crippen LogP contribution in [0.3, 0.4) is 0 Å². The fraction of sp³-hybridized carbons (Fsp3) is 0.364. The smallest absolute Gasteiger partial charge is 0.246 e. The van der Waals surface area contributed by atoms with E-state index in [4.69, 9.17) is 0 Å². The molecule has 0 saturated heterocycles. The molecule has 1 unspecified atom stereocenters. The molecule has 0 aliphatic carbocycles. The molecule has 0 saturated carbocycles. The number of rotatable bonds is 1. The van der Waals surface area contributed by atoms with Gasteiger partial charge in [0.15, 0.2) is 0 Å². The van der Waals surface area contributed by atoms with Crippen molar-refractivity contribution in [3.05, 3.63) is 34.5 Å². The fourth-order valence-electron chi connectivity index (χ4n) is 1.91. The van der Waals surface area contributed by atoms with Gasteiger partial charge in [-0.15, -0.1) is 11.3 Å². The van der Waals surface area contributed by atoms with Gasteiger partial charge in [0.05, 0.1) is 6.04 Å². The summed E-state index contributed by atoms with van der Waals surface area (Å²) in [5, 5.41) is 2.10. The van der Waals surface area contributed by atoms with Gasteiger partial charge in [-0.25, -0.2) is 0 Å². The van der Waals surface area contributed by atoms with Crippen molar-refractivity contribution in [1.29, 1.82) is 0 Å². The number of thiophene rings is 1. The molecule has 2 nitrogen and oxygen atoms in total. The van der Waals surface area contributed by atoms with Crippen LogP contribution >= 0.6 is 11.3 Å². The molecule has 1 aliphatic rings. The van der Waals surface area contributed by atoms with E-state index in [0.29, 0.717) is 0 Å². The Morgan fingerprint density at radius 1 is 1.79 bits per heavy atom. The van der Waals surface area contributed by atoms with Gasteiger partial charge < -0.3 is 4.90 Å². The normalized spacial score (nSPS) is 20.4. The van der Waals surface area contributed by atoms with Crippen LogP contribution in [0.2, 0.25) is 0 Å². The first-order chi connectivity index (χ1) is 6.74. The average molecular weight is 207 g/mol. The Labute approximate surface area is 87.9 Å². The summed E-state index contributed by atoms with van der Waals surface area (Å²) < 4.78 is 0. The average Bonchev–Trinajstić information content (AvgIpc) is 2.66. The van der Waals surface area contributed by atoms with Crippen LogP contribution in [0.4, 0.5) is 0 Å². The third-order valence-corrected chi connectivity index (χ3v) is 3.84. The van der Waals surface area contributed by atoms with Crippen LogP contribution in [-0.2, 0) is 11.2 Å². The second kappa shape index (κ2) is 3.58. The maximum absolute atomic E-state index is 11.5. The quantitative estimate of drug-likeness (QED) is 0.647. The Kier molecular flexibility index (Phi) is 2.42. The molecule has 0 N–H and O–H groups in total. The predicted molar refractivity (Wildman–Crippen MR) is 58.3 cm³/mol. The Morgan fingerprint density at radius 3 is 3.29 bits per heavy atom. The molecule has 1 amide bonds. The van der Waals surface area contributed by atoms with E-state index in [9.17, 15) is 4.79 Å². The highest BCUT2D eigenvalue weighted by Gasteiger charge is 2.26. The number of carbonyl (C=O) groups is 1. The molecule has 1 atom stereocenters. The van der Waals surface area contributed by atoms with E-state index in [1.54, 1.807) is 11.3 Å². The largest absolute Gasteiger partial charge is 0.331 e. The zero-order valence-corrected chi connectivity index (χ0v) is 9.01. The molecule has 1 aromatic heterocycles. The van der Waals surface area contributed by atoms with E-state index in [1.165, 1.54) is 16.5 Å². The molecular weight excluding hydrogens is 194 g/mol. The zero-order chi connectivity index (χ0) is 10.1. The summed E-state index contributed by atoms with van der Waals surface area (Å²) in [4.78, 5) is 14.7. The second-order valence-electron chi connectivity index (χ2n) is 3.47. The molecule has 0 aromatic carbocycles. The van der Waals surface area contributed by atoms with Crippen molar-refractivity contribution in [2.75, 3.05) is 6.54 Å². The molecule has 1 aromatic rings. The van der Waals surface area contributed by atoms with Gasteiger partial charge in [0.25, 0.3) is 0 Å². The lowest BCUT2D eigenvalue weighted by Gasteiger charge is -2.32. The van der Waals surface area contributed by atoms with Crippen molar-refractivity contribution < 1.29 is 4.79 Å². The van der Waals surface area contributed by atoms with Crippen molar-refractivity contribution in [2.24, 2.45) is 0 Å². The van der Waals surface area contributed by atoms with E-state index in [-0.39, 0.29) is 11.9 Å². The van der Waals surface area contributed by atoms with Gasteiger partial charge in [-0.3, -0.25) is 4.79 Å². The predicted octanol–water partition coefficient (Wildman–Crippen LogP) is 2.38. The van der Waals surface area contributed by atoms with Gasteiger partial charge in [-0.1, -0.05) is 6.58 Å². The lowest BCUT2D eigenvalue weighted by molar-refractivity contribution is -0.128. The highest BCUT2D eigenvalue weighted by molar-refractivity contribution is 7.10. The number of carbonyl (C=O) groups excluding carboxylic acids is 1. The van der Waals surface area contributed by atoms with Crippen LogP contribution in [-0.4, -0.2) is 17.4 Å². The van der Waals surface area contributed by atoms with Gasteiger partial charge in [-0.2, -0.15) is 0 Å². The summed E-state index contributed by atoms with van der Waals surface area (Å²) >= 11 is 1.74. The number of hydrogen-bond donors (Lipinski definition) is 0. The molecule has 74 valence electrons.